The standard InChI is InChI=1S/C68H119N5O26/c1-5-68(41-92-34-26-50(82)20-8-6-7-19-48(80)23-11-16-31-95-52-37-47(38-74)60(86)63(89)57(52)71-44(2)77,42-93-35-27-51(83)22-10-15-29-69-55(84)25-13-18-33-97-67-59(73-46(4)79)65(91)62(88)54(40-76)99-67)43-94-36-28-56(85)70-30-14-9-21-49(81)24-12-17-32-96-66-58(72-45(3)78)64(90)61(87)53(39-75)98-66/h47,52-54,57-67,74-76,86-91H,5-43H2,1-4H3,(H,69,84)(H,70,85)(H,71,77)(H,72,78)(H,73,79)/t47?,52-,53?,54?,57?,58?,59?,60+,61+,62+,63-,64-,65-,66-,67-,68?/m1/s1. The Bertz CT molecular complexity index is 2120. The molecule has 2 saturated heterocycles. The molecule has 1 aliphatic carbocycles. The van der Waals surface area contributed by atoms with Gasteiger partial charge in [-0.05, 0) is 89.9 Å². The number of unbranched alkanes of at least 4 members (excludes halogenated alkanes) is 7. The molecule has 31 heteroatoms. The van der Waals surface area contributed by atoms with E-state index >= 15 is 0 Å². The first-order valence-electron chi connectivity index (χ1n) is 35.6. The number of carbonyl (C=O) groups excluding carboxylic acids is 9. The van der Waals surface area contributed by atoms with Gasteiger partial charge in [0, 0.05) is 136 Å². The second-order valence-corrected chi connectivity index (χ2v) is 26.4. The van der Waals surface area contributed by atoms with Crippen molar-refractivity contribution in [1.29, 1.82) is 0 Å². The fourth-order valence-electron chi connectivity index (χ4n) is 11.8. The highest BCUT2D eigenvalue weighted by Gasteiger charge is 2.47. The van der Waals surface area contributed by atoms with Gasteiger partial charge in [0.05, 0.1) is 71.1 Å². The summed E-state index contributed by atoms with van der Waals surface area (Å²) in [5.41, 5.74) is -0.686. The van der Waals surface area contributed by atoms with Crippen LogP contribution in [0.2, 0.25) is 0 Å². The molecular weight excluding hydrogens is 1300 g/mol. The molecule has 3 rings (SSSR count). The zero-order valence-electron chi connectivity index (χ0n) is 58.7. The Morgan fingerprint density at radius 3 is 1.15 bits per heavy atom. The molecule has 0 radical (unpaired) electrons. The Hall–Kier alpha value is -4.65. The molecule has 99 heavy (non-hydrogen) atoms. The number of ketones is 4. The third kappa shape index (κ3) is 35.4. The minimum atomic E-state index is -1.43. The number of hydrogen-bond donors (Lipinski definition) is 14. The smallest absolute Gasteiger partial charge is 0.222 e. The minimum Gasteiger partial charge on any atom is -0.396 e. The molecule has 572 valence electrons. The summed E-state index contributed by atoms with van der Waals surface area (Å²) in [5, 5.41) is 104. The van der Waals surface area contributed by atoms with Gasteiger partial charge >= 0.3 is 0 Å². The van der Waals surface area contributed by atoms with Crippen LogP contribution in [0, 0.1) is 11.3 Å². The van der Waals surface area contributed by atoms with Crippen LogP contribution >= 0.6 is 0 Å². The number of ether oxygens (including phenoxy) is 8. The second-order valence-electron chi connectivity index (χ2n) is 26.4. The van der Waals surface area contributed by atoms with Crippen LogP contribution in [0.5, 0.6) is 0 Å². The molecule has 0 aromatic rings. The SMILES string of the molecule is CCC(COCCC(=O)CCCCCC(=O)CCCCO[C@@H]1CC(CO)[C@H](O)[C@H](O)C1NC(C)=O)(COCCC(=O)CCCCNC(=O)CCCCO[C@@H]1OC(CO)[C@H](O)[C@H](O)C1NC(C)=O)COCCC(=O)NCCCCC(=O)CCCCO[C@@H]1OC(CO)[C@H](O)[C@H](O)C1NC(C)=O. The van der Waals surface area contributed by atoms with Gasteiger partial charge in [0.25, 0.3) is 0 Å². The van der Waals surface area contributed by atoms with Crippen LogP contribution in [0.25, 0.3) is 0 Å². The highest BCUT2D eigenvalue weighted by atomic mass is 16.7. The van der Waals surface area contributed by atoms with Gasteiger partial charge in [0.1, 0.15) is 77.9 Å². The van der Waals surface area contributed by atoms with E-state index in [4.69, 9.17) is 37.9 Å². The molecule has 14 N–H and O–H groups in total. The molecule has 7 unspecified atom stereocenters. The number of Topliss-reactive ketones (excluding diaryl/α,β-unsaturated/α-hetero) is 4. The van der Waals surface area contributed by atoms with Crippen LogP contribution in [-0.4, -0.2) is 277 Å². The average molecular weight is 1420 g/mol. The third-order valence-corrected chi connectivity index (χ3v) is 18.0. The summed E-state index contributed by atoms with van der Waals surface area (Å²) in [6.45, 7) is 6.40. The monoisotopic (exact) mass is 1420 g/mol. The fraction of sp³-hybridized carbons (Fsp3) is 0.868. The van der Waals surface area contributed by atoms with Crippen molar-refractivity contribution in [3.63, 3.8) is 0 Å². The van der Waals surface area contributed by atoms with Crippen molar-refractivity contribution in [3.05, 3.63) is 0 Å². The quantitative estimate of drug-likeness (QED) is 0.0340. The Morgan fingerprint density at radius 2 is 0.747 bits per heavy atom. The van der Waals surface area contributed by atoms with E-state index in [-0.39, 0.29) is 145 Å². The molecule has 16 atom stereocenters. The summed E-state index contributed by atoms with van der Waals surface area (Å²) >= 11 is 0. The number of nitrogens with one attached hydrogen (secondary N) is 5. The number of carbonyl (C=O) groups is 9. The first-order valence-corrected chi connectivity index (χ1v) is 35.6. The summed E-state index contributed by atoms with van der Waals surface area (Å²) < 4.78 is 46.7. The van der Waals surface area contributed by atoms with Gasteiger partial charge < -0.3 is 110 Å². The van der Waals surface area contributed by atoms with Crippen molar-refractivity contribution in [2.45, 2.75) is 274 Å². The Morgan fingerprint density at radius 1 is 0.394 bits per heavy atom. The average Bonchev–Trinajstić information content (AvgIpc) is 0.824. The molecule has 0 aromatic heterocycles. The molecule has 0 bridgehead atoms. The maximum atomic E-state index is 12.9. The summed E-state index contributed by atoms with van der Waals surface area (Å²) in [4.78, 5) is 111. The molecule has 0 aromatic carbocycles. The Kier molecular flexibility index (Phi) is 45.3. The topological polar surface area (TPSA) is 470 Å². The normalized spacial score (nSPS) is 26.0. The first-order chi connectivity index (χ1) is 47.4. The molecular formula is C68H119N5O26. The molecule has 2 aliphatic heterocycles. The maximum Gasteiger partial charge on any atom is 0.222 e. The van der Waals surface area contributed by atoms with E-state index in [1.807, 2.05) is 6.92 Å². The van der Waals surface area contributed by atoms with E-state index in [0.29, 0.717) is 135 Å². The van der Waals surface area contributed by atoms with Gasteiger partial charge in [0.15, 0.2) is 12.6 Å². The van der Waals surface area contributed by atoms with Crippen LogP contribution in [0.4, 0.5) is 0 Å². The van der Waals surface area contributed by atoms with Crippen LogP contribution in [0.15, 0.2) is 0 Å². The van der Waals surface area contributed by atoms with E-state index in [9.17, 15) is 89.1 Å². The molecule has 5 amide bonds. The zero-order chi connectivity index (χ0) is 73.1. The zero-order valence-corrected chi connectivity index (χ0v) is 58.7. The number of aliphatic hydroxyl groups excluding tert-OH is 9. The highest BCUT2D eigenvalue weighted by Crippen LogP contribution is 2.30. The lowest BCUT2D eigenvalue weighted by Gasteiger charge is -2.42. The Balaban J connectivity index is 1.36. The van der Waals surface area contributed by atoms with Crippen molar-refractivity contribution < 1.29 is 127 Å². The fourth-order valence-corrected chi connectivity index (χ4v) is 11.8. The van der Waals surface area contributed by atoms with Gasteiger partial charge in [-0.25, -0.2) is 0 Å². The van der Waals surface area contributed by atoms with E-state index in [0.717, 1.165) is 0 Å². The lowest BCUT2D eigenvalue weighted by Crippen LogP contribution is -2.64. The lowest BCUT2D eigenvalue weighted by atomic mass is 9.79. The van der Waals surface area contributed by atoms with Gasteiger partial charge in [-0.15, -0.1) is 0 Å². The molecule has 3 fully saturated rings. The van der Waals surface area contributed by atoms with Gasteiger partial charge in [-0.3, -0.25) is 43.2 Å². The molecule has 31 nitrogen and oxygen atoms in total. The Labute approximate surface area is 581 Å². The maximum absolute atomic E-state index is 12.9. The summed E-state index contributed by atoms with van der Waals surface area (Å²) in [6.07, 6.45) is -2.64. The predicted octanol–water partition coefficient (Wildman–Crippen LogP) is -0.542. The van der Waals surface area contributed by atoms with Crippen molar-refractivity contribution in [3.8, 4) is 0 Å². The first kappa shape index (κ1) is 88.6. The van der Waals surface area contributed by atoms with E-state index in [2.05, 4.69) is 26.6 Å². The molecule has 0 spiro atoms. The van der Waals surface area contributed by atoms with Crippen molar-refractivity contribution >= 4 is 52.7 Å². The number of aliphatic hydroxyl groups is 9. The predicted molar refractivity (Wildman–Crippen MR) is 355 cm³/mol. The highest BCUT2D eigenvalue weighted by molar-refractivity contribution is 5.80. The second kappa shape index (κ2) is 50.7. The van der Waals surface area contributed by atoms with Crippen LogP contribution < -0.4 is 26.6 Å². The van der Waals surface area contributed by atoms with E-state index < -0.39 is 122 Å². The van der Waals surface area contributed by atoms with Crippen molar-refractivity contribution in [1.82, 2.24) is 26.6 Å². The van der Waals surface area contributed by atoms with E-state index in [1.165, 1.54) is 20.8 Å². The summed E-state index contributed by atoms with van der Waals surface area (Å²) in [7, 11) is 0. The van der Waals surface area contributed by atoms with Crippen molar-refractivity contribution in [2.75, 3.05) is 92.4 Å². The summed E-state index contributed by atoms with van der Waals surface area (Å²) in [5.74, 6) is -2.18. The number of amides is 5. The molecule has 3 aliphatic rings. The number of rotatable bonds is 56. The summed E-state index contributed by atoms with van der Waals surface area (Å²) in [6, 6.07) is -2.94. The van der Waals surface area contributed by atoms with Crippen LogP contribution in [0.3, 0.4) is 0 Å². The van der Waals surface area contributed by atoms with Crippen molar-refractivity contribution in [2.24, 2.45) is 11.3 Å². The lowest BCUT2D eigenvalue weighted by molar-refractivity contribution is -0.270. The van der Waals surface area contributed by atoms with Gasteiger partial charge in [-0.2, -0.15) is 0 Å². The van der Waals surface area contributed by atoms with Gasteiger partial charge in [0.2, 0.25) is 29.5 Å². The minimum absolute atomic E-state index is 0.0138. The van der Waals surface area contributed by atoms with Gasteiger partial charge in [-0.1, -0.05) is 13.3 Å². The van der Waals surface area contributed by atoms with Crippen LogP contribution in [-0.2, 0) is 81.0 Å². The molecule has 2 heterocycles. The number of hydrogen-bond acceptors (Lipinski definition) is 26. The molecule has 1 saturated carbocycles. The third-order valence-electron chi connectivity index (χ3n) is 18.0. The largest absolute Gasteiger partial charge is 0.396 e. The van der Waals surface area contributed by atoms with E-state index in [1.54, 1.807) is 0 Å². The van der Waals surface area contributed by atoms with Crippen LogP contribution in [0.1, 0.15) is 188 Å².